The van der Waals surface area contributed by atoms with Gasteiger partial charge in [0.25, 0.3) is 0 Å². The third kappa shape index (κ3) is 5.19. The molecule has 2 fully saturated rings. The summed E-state index contributed by atoms with van der Waals surface area (Å²) < 4.78 is 18.6. The third-order valence-corrected chi connectivity index (χ3v) is 5.43. The molecule has 7 heteroatoms. The molecule has 2 aliphatic heterocycles. The zero-order valence-electron chi connectivity index (χ0n) is 15.8. The topological polar surface area (TPSA) is 61.9 Å². The van der Waals surface area contributed by atoms with Crippen LogP contribution in [0.15, 0.2) is 24.3 Å². The molecule has 0 unspecified atom stereocenters. The van der Waals surface area contributed by atoms with E-state index in [0.29, 0.717) is 32.8 Å². The molecular formula is C20H28FN3O3. The van der Waals surface area contributed by atoms with E-state index in [0.717, 1.165) is 31.2 Å². The van der Waals surface area contributed by atoms with Crippen LogP contribution in [0, 0.1) is 5.82 Å². The number of likely N-dealkylation sites (tertiary alicyclic amines) is 1. The molecular weight excluding hydrogens is 349 g/mol. The summed E-state index contributed by atoms with van der Waals surface area (Å²) in [5.41, 5.74) is 0.737. The van der Waals surface area contributed by atoms with Crippen molar-refractivity contribution in [3.63, 3.8) is 0 Å². The van der Waals surface area contributed by atoms with Gasteiger partial charge < -0.3 is 19.9 Å². The van der Waals surface area contributed by atoms with Crippen LogP contribution in [0.2, 0.25) is 0 Å². The lowest BCUT2D eigenvalue weighted by Gasteiger charge is -2.43. The molecule has 1 aromatic carbocycles. The van der Waals surface area contributed by atoms with Crippen molar-refractivity contribution in [1.29, 1.82) is 0 Å². The van der Waals surface area contributed by atoms with Gasteiger partial charge >= 0.3 is 6.03 Å². The maximum Gasteiger partial charge on any atom is 0.317 e. The number of rotatable bonds is 4. The molecule has 148 valence electrons. The Bertz CT molecular complexity index is 656. The summed E-state index contributed by atoms with van der Waals surface area (Å²) in [7, 11) is 0. The van der Waals surface area contributed by atoms with Gasteiger partial charge in [0.05, 0.1) is 0 Å². The molecule has 0 aliphatic carbocycles. The highest BCUT2D eigenvalue weighted by atomic mass is 19.1. The number of piperidine rings is 1. The van der Waals surface area contributed by atoms with Crippen molar-refractivity contribution in [1.82, 2.24) is 15.1 Å². The Balaban J connectivity index is 1.49. The van der Waals surface area contributed by atoms with E-state index in [2.05, 4.69) is 5.32 Å². The normalized spacial score (nSPS) is 19.0. The highest BCUT2D eigenvalue weighted by molar-refractivity contribution is 5.75. The number of hydrogen-bond donors (Lipinski definition) is 1. The molecule has 6 nitrogen and oxygen atoms in total. The van der Waals surface area contributed by atoms with Crippen molar-refractivity contribution in [2.45, 2.75) is 51.2 Å². The van der Waals surface area contributed by atoms with Crippen LogP contribution in [0.1, 0.15) is 38.2 Å². The fourth-order valence-corrected chi connectivity index (χ4v) is 4.06. The monoisotopic (exact) mass is 377 g/mol. The number of hydrogen-bond acceptors (Lipinski definition) is 3. The predicted octanol–water partition coefficient (Wildman–Crippen LogP) is 2.53. The highest BCUT2D eigenvalue weighted by Gasteiger charge is 2.33. The van der Waals surface area contributed by atoms with Crippen molar-refractivity contribution < 1.29 is 18.7 Å². The van der Waals surface area contributed by atoms with Gasteiger partial charge in [0.1, 0.15) is 5.82 Å². The van der Waals surface area contributed by atoms with Crippen molar-refractivity contribution in [2.75, 3.05) is 26.3 Å². The van der Waals surface area contributed by atoms with Crippen LogP contribution in [0.3, 0.4) is 0 Å². The Morgan fingerprint density at radius 1 is 1.19 bits per heavy atom. The first-order chi connectivity index (χ1) is 13.0. The zero-order chi connectivity index (χ0) is 19.2. The third-order valence-electron chi connectivity index (χ3n) is 5.43. The molecule has 0 aromatic heterocycles. The molecule has 3 rings (SSSR count). The first-order valence-electron chi connectivity index (χ1n) is 9.68. The maximum absolute atomic E-state index is 13.2. The van der Waals surface area contributed by atoms with E-state index in [1.165, 1.54) is 12.1 Å². The first-order valence-corrected chi connectivity index (χ1v) is 9.68. The van der Waals surface area contributed by atoms with Gasteiger partial charge in [-0.1, -0.05) is 12.1 Å². The lowest BCUT2D eigenvalue weighted by Crippen LogP contribution is -2.54. The van der Waals surface area contributed by atoms with Crippen LogP contribution >= 0.6 is 0 Å². The number of nitrogens with one attached hydrogen (secondary N) is 1. The van der Waals surface area contributed by atoms with Gasteiger partial charge in [0, 0.05) is 51.9 Å². The minimum Gasteiger partial charge on any atom is -0.381 e. The standard InChI is InChI=1S/C20H28FN3O3/c1-15(25)24(19-7-11-27-12-8-19)18-5-9-23(10-6-18)20(26)22-14-16-3-2-4-17(21)13-16/h2-4,13,18-19H,5-12,14H2,1H3,(H,22,26). The van der Waals surface area contributed by atoms with Gasteiger partial charge in [-0.15, -0.1) is 0 Å². The van der Waals surface area contributed by atoms with E-state index in [1.807, 2.05) is 4.90 Å². The van der Waals surface area contributed by atoms with E-state index >= 15 is 0 Å². The van der Waals surface area contributed by atoms with E-state index in [9.17, 15) is 14.0 Å². The van der Waals surface area contributed by atoms with Crippen LogP contribution in [0.5, 0.6) is 0 Å². The van der Waals surface area contributed by atoms with Gasteiger partial charge in [0.15, 0.2) is 0 Å². The molecule has 0 atom stereocenters. The summed E-state index contributed by atoms with van der Waals surface area (Å²) in [5.74, 6) is -0.198. The Morgan fingerprint density at radius 2 is 1.85 bits per heavy atom. The number of halogens is 1. The average Bonchev–Trinajstić information content (AvgIpc) is 2.67. The number of urea groups is 1. The summed E-state index contributed by atoms with van der Waals surface area (Å²) in [5, 5.41) is 2.85. The largest absolute Gasteiger partial charge is 0.381 e. The Labute approximate surface area is 159 Å². The fraction of sp³-hybridized carbons (Fsp3) is 0.600. The fourth-order valence-electron chi connectivity index (χ4n) is 4.06. The zero-order valence-corrected chi connectivity index (χ0v) is 15.8. The number of nitrogens with zero attached hydrogens (tertiary/aromatic N) is 2. The van der Waals surface area contributed by atoms with Gasteiger partial charge in [-0.2, -0.15) is 0 Å². The molecule has 0 spiro atoms. The minimum atomic E-state index is -0.306. The van der Waals surface area contributed by atoms with E-state index in [4.69, 9.17) is 4.74 Å². The molecule has 2 aliphatic rings. The molecule has 0 saturated carbocycles. The quantitative estimate of drug-likeness (QED) is 0.877. The molecule has 3 amide bonds. The van der Waals surface area contributed by atoms with Gasteiger partial charge in [-0.05, 0) is 43.4 Å². The molecule has 2 heterocycles. The number of benzene rings is 1. The van der Waals surface area contributed by atoms with E-state index < -0.39 is 0 Å². The van der Waals surface area contributed by atoms with Crippen molar-refractivity contribution in [2.24, 2.45) is 0 Å². The number of ether oxygens (including phenoxy) is 1. The molecule has 27 heavy (non-hydrogen) atoms. The SMILES string of the molecule is CC(=O)N(C1CCOCC1)C1CCN(C(=O)NCc2cccc(F)c2)CC1. The molecule has 1 N–H and O–H groups in total. The van der Waals surface area contributed by atoms with Crippen molar-refractivity contribution in [3.05, 3.63) is 35.6 Å². The number of amides is 3. The highest BCUT2D eigenvalue weighted by Crippen LogP contribution is 2.24. The smallest absolute Gasteiger partial charge is 0.317 e. The van der Waals surface area contributed by atoms with Crippen molar-refractivity contribution >= 4 is 11.9 Å². The lowest BCUT2D eigenvalue weighted by molar-refractivity contribution is -0.137. The summed E-state index contributed by atoms with van der Waals surface area (Å²) >= 11 is 0. The van der Waals surface area contributed by atoms with E-state index in [1.54, 1.807) is 24.0 Å². The van der Waals surface area contributed by atoms with Crippen LogP contribution in [-0.2, 0) is 16.1 Å². The summed E-state index contributed by atoms with van der Waals surface area (Å²) in [6.45, 7) is 4.58. The molecule has 1 aromatic rings. The van der Waals surface area contributed by atoms with Gasteiger partial charge in [-0.3, -0.25) is 4.79 Å². The minimum absolute atomic E-state index is 0.107. The second kappa shape index (κ2) is 9.17. The van der Waals surface area contributed by atoms with Crippen molar-refractivity contribution in [3.8, 4) is 0 Å². The Kier molecular flexibility index (Phi) is 6.66. The lowest BCUT2D eigenvalue weighted by atomic mass is 9.98. The predicted molar refractivity (Wildman–Crippen MR) is 99.6 cm³/mol. The number of carbonyl (C=O) groups excluding carboxylic acids is 2. The van der Waals surface area contributed by atoms with E-state index in [-0.39, 0.29) is 29.8 Å². The first kappa shape index (κ1) is 19.6. The second-order valence-electron chi connectivity index (χ2n) is 7.28. The Morgan fingerprint density at radius 3 is 2.48 bits per heavy atom. The van der Waals surface area contributed by atoms with Gasteiger partial charge in [-0.25, -0.2) is 9.18 Å². The van der Waals surface area contributed by atoms with Gasteiger partial charge in [0.2, 0.25) is 5.91 Å². The Hall–Kier alpha value is -2.15. The maximum atomic E-state index is 13.2. The second-order valence-corrected chi connectivity index (χ2v) is 7.28. The molecule has 2 saturated heterocycles. The van der Waals surface area contributed by atoms with Crippen LogP contribution in [0.4, 0.5) is 9.18 Å². The summed E-state index contributed by atoms with van der Waals surface area (Å²) in [6.07, 6.45) is 3.33. The molecule has 0 radical (unpaired) electrons. The molecule has 0 bridgehead atoms. The average molecular weight is 377 g/mol. The summed E-state index contributed by atoms with van der Waals surface area (Å²) in [6, 6.07) is 6.51. The summed E-state index contributed by atoms with van der Waals surface area (Å²) in [4.78, 5) is 28.4. The van der Waals surface area contributed by atoms with Crippen LogP contribution in [0.25, 0.3) is 0 Å². The number of carbonyl (C=O) groups is 2. The van der Waals surface area contributed by atoms with Crippen LogP contribution < -0.4 is 5.32 Å². The van der Waals surface area contributed by atoms with Crippen LogP contribution in [-0.4, -0.2) is 60.1 Å².